The summed E-state index contributed by atoms with van der Waals surface area (Å²) in [5.41, 5.74) is 3.37. The van der Waals surface area contributed by atoms with Gasteiger partial charge in [0.1, 0.15) is 6.10 Å². The van der Waals surface area contributed by atoms with Gasteiger partial charge in [-0.1, -0.05) is 18.1 Å². The molecule has 1 unspecified atom stereocenters. The highest BCUT2D eigenvalue weighted by Crippen LogP contribution is 2.55. The molecule has 0 radical (unpaired) electrons. The van der Waals surface area contributed by atoms with E-state index in [1.807, 2.05) is 4.90 Å². The van der Waals surface area contributed by atoms with Crippen molar-refractivity contribution in [3.05, 3.63) is 35.3 Å². The third kappa shape index (κ3) is 5.33. The van der Waals surface area contributed by atoms with Crippen molar-refractivity contribution in [2.24, 2.45) is 17.3 Å². The zero-order valence-electron chi connectivity index (χ0n) is 20.8. The molecule has 2 aliphatic carbocycles. The van der Waals surface area contributed by atoms with Crippen molar-refractivity contribution >= 4 is 23.8 Å². The van der Waals surface area contributed by atoms with Gasteiger partial charge in [0.25, 0.3) is 5.91 Å². The summed E-state index contributed by atoms with van der Waals surface area (Å²) in [4.78, 5) is 47.6. The summed E-state index contributed by atoms with van der Waals surface area (Å²) < 4.78 is 11.2. The summed E-state index contributed by atoms with van der Waals surface area (Å²) in [6, 6.07) is 3.45. The van der Waals surface area contributed by atoms with Crippen molar-refractivity contribution in [3.63, 3.8) is 0 Å². The van der Waals surface area contributed by atoms with Gasteiger partial charge in [-0.25, -0.2) is 9.59 Å². The quantitative estimate of drug-likeness (QED) is 0.363. The van der Waals surface area contributed by atoms with Crippen LogP contribution in [-0.2, 0) is 19.1 Å². The molecular formula is C26H34N2O8. The molecule has 2 aliphatic heterocycles. The molecule has 4 aliphatic rings. The Balaban J connectivity index is 0.000000455. The van der Waals surface area contributed by atoms with Gasteiger partial charge in [0, 0.05) is 38.6 Å². The summed E-state index contributed by atoms with van der Waals surface area (Å²) in [7, 11) is 0. The van der Waals surface area contributed by atoms with E-state index in [1.165, 1.54) is 25.5 Å². The fraction of sp³-hybridized carbons (Fsp3) is 0.615. The minimum atomic E-state index is -1.82. The van der Waals surface area contributed by atoms with Gasteiger partial charge < -0.3 is 24.3 Å². The van der Waals surface area contributed by atoms with Crippen molar-refractivity contribution in [3.8, 4) is 0 Å². The molecule has 36 heavy (non-hydrogen) atoms. The van der Waals surface area contributed by atoms with E-state index in [4.69, 9.17) is 29.0 Å². The van der Waals surface area contributed by atoms with E-state index < -0.39 is 11.9 Å². The maximum absolute atomic E-state index is 12.8. The second-order valence-electron chi connectivity index (χ2n) is 10.5. The van der Waals surface area contributed by atoms with Crippen LogP contribution >= 0.6 is 0 Å². The van der Waals surface area contributed by atoms with E-state index in [2.05, 4.69) is 18.7 Å². The van der Waals surface area contributed by atoms with Gasteiger partial charge in [-0.3, -0.25) is 14.5 Å². The number of carbonyl (C=O) groups is 4. The minimum absolute atomic E-state index is 0.0143. The number of ether oxygens (including phenoxy) is 1. The topological polar surface area (TPSA) is 138 Å². The number of amides is 1. The number of allylic oxidation sites excluding steroid dienone is 2. The first-order chi connectivity index (χ1) is 17.1. The molecule has 0 aromatic carbocycles. The van der Waals surface area contributed by atoms with Crippen molar-refractivity contribution in [2.75, 3.05) is 32.7 Å². The predicted molar refractivity (Wildman–Crippen MR) is 127 cm³/mol. The number of fused-ring (bicyclic) bond motifs is 2. The molecule has 0 bridgehead atoms. The number of hydrogen-bond acceptors (Lipinski definition) is 7. The zero-order valence-corrected chi connectivity index (χ0v) is 20.8. The van der Waals surface area contributed by atoms with E-state index in [0.717, 1.165) is 32.5 Å². The SMILES string of the molecule is CC1=C2C[C@@H]3C(CN4CCN(C(=O)c5ccco5)CC4)C(=O)O[C@@H]3C[C@@]2(C)CCC1.O=C(O)C(=O)O. The Morgan fingerprint density at radius 1 is 1.14 bits per heavy atom. The summed E-state index contributed by atoms with van der Waals surface area (Å²) in [6.07, 6.45) is 7.28. The maximum atomic E-state index is 12.8. The largest absolute Gasteiger partial charge is 0.473 e. The monoisotopic (exact) mass is 502 g/mol. The number of hydrogen-bond donors (Lipinski definition) is 2. The predicted octanol–water partition coefficient (Wildman–Crippen LogP) is 2.65. The fourth-order valence-corrected chi connectivity index (χ4v) is 6.29. The number of nitrogens with zero attached hydrogens (tertiary/aromatic N) is 2. The van der Waals surface area contributed by atoms with E-state index in [0.29, 0.717) is 24.8 Å². The Hall–Kier alpha value is -3.14. The van der Waals surface area contributed by atoms with Crippen molar-refractivity contribution < 1.29 is 38.5 Å². The standard InChI is InChI=1S/C24H32N2O4.C2H2O4/c1-16-5-3-7-24(2)14-21-17(13-19(16)24)18(23(28)30-21)15-25-8-10-26(11-9-25)22(27)20-6-4-12-29-20;3-1(4)2(5)6/h4,6,12,17-18,21H,3,5,7-11,13-15H2,1-2H3;(H,3,4)(H,5,6)/t17-,18?,21-,24-;/m1./s1. The van der Waals surface area contributed by atoms with E-state index in [-0.39, 0.29) is 29.3 Å². The van der Waals surface area contributed by atoms with Gasteiger partial charge in [0.2, 0.25) is 0 Å². The first-order valence-corrected chi connectivity index (χ1v) is 12.5. The first kappa shape index (κ1) is 25.9. The molecular weight excluding hydrogens is 468 g/mol. The number of carboxylic acids is 2. The van der Waals surface area contributed by atoms with Crippen LogP contribution in [0.2, 0.25) is 0 Å². The van der Waals surface area contributed by atoms with Crippen LogP contribution in [0.25, 0.3) is 0 Å². The average Bonchev–Trinajstić information content (AvgIpc) is 3.47. The molecule has 196 valence electrons. The fourth-order valence-electron chi connectivity index (χ4n) is 6.29. The normalized spacial score (nSPS) is 30.0. The number of carboxylic acid groups (broad SMARTS) is 2. The highest BCUT2D eigenvalue weighted by Gasteiger charge is 2.53. The molecule has 1 amide bonds. The molecule has 3 fully saturated rings. The summed E-state index contributed by atoms with van der Waals surface area (Å²) in [5, 5.41) is 14.8. The summed E-state index contributed by atoms with van der Waals surface area (Å²) in [6.45, 7) is 8.30. The Kier molecular flexibility index (Phi) is 7.54. The maximum Gasteiger partial charge on any atom is 0.414 e. The van der Waals surface area contributed by atoms with Gasteiger partial charge in [0.05, 0.1) is 12.2 Å². The van der Waals surface area contributed by atoms with Crippen LogP contribution in [0.1, 0.15) is 56.5 Å². The van der Waals surface area contributed by atoms with E-state index >= 15 is 0 Å². The van der Waals surface area contributed by atoms with Gasteiger partial charge >= 0.3 is 17.9 Å². The van der Waals surface area contributed by atoms with Crippen LogP contribution in [0.3, 0.4) is 0 Å². The number of piperazine rings is 1. The number of esters is 1. The van der Waals surface area contributed by atoms with Gasteiger partial charge in [0.15, 0.2) is 5.76 Å². The summed E-state index contributed by atoms with van der Waals surface area (Å²) in [5.74, 6) is -3.06. The van der Waals surface area contributed by atoms with Gasteiger partial charge in [-0.15, -0.1) is 0 Å². The molecule has 1 saturated carbocycles. The minimum Gasteiger partial charge on any atom is -0.473 e. The van der Waals surface area contributed by atoms with Crippen LogP contribution in [0.5, 0.6) is 0 Å². The lowest BCUT2D eigenvalue weighted by Gasteiger charge is -2.46. The average molecular weight is 503 g/mol. The van der Waals surface area contributed by atoms with Crippen LogP contribution < -0.4 is 0 Å². The lowest BCUT2D eigenvalue weighted by atomic mass is 9.59. The highest BCUT2D eigenvalue weighted by atomic mass is 16.6. The summed E-state index contributed by atoms with van der Waals surface area (Å²) >= 11 is 0. The van der Waals surface area contributed by atoms with E-state index in [1.54, 1.807) is 23.3 Å². The highest BCUT2D eigenvalue weighted by molar-refractivity contribution is 6.27. The van der Waals surface area contributed by atoms with Crippen LogP contribution in [-0.4, -0.2) is 82.7 Å². The van der Waals surface area contributed by atoms with Gasteiger partial charge in [-0.05, 0) is 56.6 Å². The van der Waals surface area contributed by atoms with Crippen LogP contribution in [0.4, 0.5) is 0 Å². The second kappa shape index (κ2) is 10.5. The van der Waals surface area contributed by atoms with Crippen molar-refractivity contribution in [2.45, 2.75) is 52.1 Å². The number of carbonyl (C=O) groups excluding carboxylic acids is 2. The third-order valence-electron chi connectivity index (χ3n) is 8.21. The van der Waals surface area contributed by atoms with Crippen molar-refractivity contribution in [1.82, 2.24) is 9.80 Å². The zero-order chi connectivity index (χ0) is 26.0. The molecule has 5 rings (SSSR count). The smallest absolute Gasteiger partial charge is 0.414 e. The van der Waals surface area contributed by atoms with Gasteiger partial charge in [-0.2, -0.15) is 0 Å². The number of furan rings is 1. The lowest BCUT2D eigenvalue weighted by Crippen LogP contribution is -2.51. The van der Waals surface area contributed by atoms with Crippen LogP contribution in [0, 0.1) is 17.3 Å². The molecule has 0 spiro atoms. The first-order valence-electron chi connectivity index (χ1n) is 12.5. The molecule has 4 atom stereocenters. The third-order valence-corrected chi connectivity index (χ3v) is 8.21. The molecule has 1 aromatic heterocycles. The Labute approximate surface area is 209 Å². The molecule has 3 heterocycles. The second-order valence-corrected chi connectivity index (χ2v) is 10.5. The number of aliphatic carboxylic acids is 2. The molecule has 2 saturated heterocycles. The van der Waals surface area contributed by atoms with Crippen LogP contribution in [0.15, 0.2) is 34.0 Å². The Morgan fingerprint density at radius 2 is 1.83 bits per heavy atom. The Morgan fingerprint density at radius 3 is 2.44 bits per heavy atom. The molecule has 10 heteroatoms. The molecule has 10 nitrogen and oxygen atoms in total. The lowest BCUT2D eigenvalue weighted by molar-refractivity contribution is -0.159. The Bertz CT molecular complexity index is 1030. The van der Waals surface area contributed by atoms with Crippen molar-refractivity contribution in [1.29, 1.82) is 0 Å². The molecule has 2 N–H and O–H groups in total. The number of rotatable bonds is 3. The molecule has 1 aromatic rings. The van der Waals surface area contributed by atoms with E-state index in [9.17, 15) is 9.59 Å².